The van der Waals surface area contributed by atoms with E-state index in [-0.39, 0.29) is 24.1 Å². The molecule has 2 N–H and O–H groups in total. The number of benzene rings is 2. The molecule has 2 aromatic carbocycles. The van der Waals surface area contributed by atoms with Gasteiger partial charge in [-0.05, 0) is 37.5 Å². The van der Waals surface area contributed by atoms with Crippen molar-refractivity contribution < 1.29 is 14.7 Å². The molecule has 1 heterocycles. The van der Waals surface area contributed by atoms with Gasteiger partial charge >= 0.3 is 0 Å². The number of hydrogen-bond donors (Lipinski definition) is 2. The predicted octanol–water partition coefficient (Wildman–Crippen LogP) is 6.14. The van der Waals surface area contributed by atoms with E-state index < -0.39 is 0 Å². The van der Waals surface area contributed by atoms with Crippen molar-refractivity contribution in [3.8, 4) is 5.88 Å². The summed E-state index contributed by atoms with van der Waals surface area (Å²) in [6.07, 6.45) is 5.69. The van der Waals surface area contributed by atoms with Crippen molar-refractivity contribution in [2.24, 2.45) is 10.2 Å². The van der Waals surface area contributed by atoms with Crippen molar-refractivity contribution in [2.45, 2.75) is 58.4 Å². The largest absolute Gasteiger partial charge is 0.493 e. The SMILES string of the molecule is CCCCCn1c(O)c(N=NC(=O)CCCCCNC(=O)c2ccccc2)c2ccccc21. The third-order valence-electron chi connectivity index (χ3n) is 5.55. The van der Waals surface area contributed by atoms with Crippen molar-refractivity contribution in [2.75, 3.05) is 6.54 Å². The first-order valence-electron chi connectivity index (χ1n) is 11.7. The average Bonchev–Trinajstić information content (AvgIpc) is 3.11. The number of aryl methyl sites for hydroxylation is 1. The summed E-state index contributed by atoms with van der Waals surface area (Å²) < 4.78 is 1.84. The van der Waals surface area contributed by atoms with E-state index in [1.807, 2.05) is 47.0 Å². The van der Waals surface area contributed by atoms with Crippen molar-refractivity contribution in [3.05, 3.63) is 60.2 Å². The van der Waals surface area contributed by atoms with E-state index >= 15 is 0 Å². The van der Waals surface area contributed by atoms with Gasteiger partial charge < -0.3 is 15.0 Å². The van der Waals surface area contributed by atoms with Crippen LogP contribution in [0.5, 0.6) is 5.88 Å². The van der Waals surface area contributed by atoms with Crippen molar-refractivity contribution in [1.82, 2.24) is 9.88 Å². The fourth-order valence-corrected chi connectivity index (χ4v) is 3.74. The molecule has 7 heteroatoms. The zero-order valence-corrected chi connectivity index (χ0v) is 19.2. The third-order valence-corrected chi connectivity index (χ3v) is 5.55. The molecular formula is C26H32N4O3. The number of carbonyl (C=O) groups excluding carboxylic acids is 2. The molecule has 0 saturated heterocycles. The number of unbranched alkanes of at least 4 members (excludes halogenated alkanes) is 4. The number of amides is 2. The second kappa shape index (κ2) is 12.5. The maximum atomic E-state index is 12.2. The Balaban J connectivity index is 1.46. The lowest BCUT2D eigenvalue weighted by Gasteiger charge is -2.05. The van der Waals surface area contributed by atoms with Gasteiger partial charge in [-0.2, -0.15) is 0 Å². The standard InChI is InChI=1S/C26H32N4O3/c1-2-3-12-19-30-22-16-10-9-15-21(22)24(26(30)33)29-28-23(31)17-8-5-11-18-27-25(32)20-13-6-4-7-14-20/h4,6-7,9-10,13-16,33H,2-3,5,8,11-12,17-19H2,1H3,(H,27,32). The third kappa shape index (κ3) is 6.75. The number of aromatic nitrogens is 1. The molecule has 0 aliphatic carbocycles. The van der Waals surface area contributed by atoms with Gasteiger partial charge in [0.1, 0.15) is 0 Å². The van der Waals surface area contributed by atoms with E-state index in [1.165, 1.54) is 0 Å². The fraction of sp³-hybridized carbons (Fsp3) is 0.385. The normalized spacial score (nSPS) is 11.3. The van der Waals surface area contributed by atoms with Gasteiger partial charge in [0.05, 0.1) is 5.52 Å². The highest BCUT2D eigenvalue weighted by Crippen LogP contribution is 2.39. The number of fused-ring (bicyclic) bond motifs is 1. The van der Waals surface area contributed by atoms with Gasteiger partial charge in [0, 0.05) is 30.5 Å². The average molecular weight is 449 g/mol. The molecule has 0 aliphatic heterocycles. The zero-order chi connectivity index (χ0) is 23.5. The number of nitrogens with one attached hydrogen (secondary N) is 1. The minimum absolute atomic E-state index is 0.0537. The van der Waals surface area contributed by atoms with Gasteiger partial charge in [0.25, 0.3) is 11.8 Å². The smallest absolute Gasteiger partial charge is 0.264 e. The number of azo groups is 1. The maximum absolute atomic E-state index is 12.2. The minimum atomic E-state index is -0.314. The molecule has 0 fully saturated rings. The molecule has 3 aromatic rings. The molecule has 7 nitrogen and oxygen atoms in total. The molecule has 1 aromatic heterocycles. The molecular weight excluding hydrogens is 416 g/mol. The van der Waals surface area contributed by atoms with Crippen LogP contribution in [-0.4, -0.2) is 28.0 Å². The van der Waals surface area contributed by atoms with Crippen LogP contribution in [0.4, 0.5) is 5.69 Å². The highest BCUT2D eigenvalue weighted by molar-refractivity contribution is 5.95. The maximum Gasteiger partial charge on any atom is 0.264 e. The summed E-state index contributed by atoms with van der Waals surface area (Å²) in [6.45, 7) is 3.40. The van der Waals surface area contributed by atoms with Crippen molar-refractivity contribution in [1.29, 1.82) is 0 Å². The Morgan fingerprint density at radius 3 is 2.48 bits per heavy atom. The van der Waals surface area contributed by atoms with Crippen LogP contribution in [0.15, 0.2) is 64.8 Å². The lowest BCUT2D eigenvalue weighted by atomic mass is 10.2. The molecule has 0 unspecified atom stereocenters. The highest BCUT2D eigenvalue weighted by atomic mass is 16.3. The number of rotatable bonds is 12. The molecule has 2 amide bonds. The van der Waals surface area contributed by atoms with Gasteiger partial charge in [-0.3, -0.25) is 9.59 Å². The molecule has 174 valence electrons. The first-order chi connectivity index (χ1) is 16.1. The van der Waals surface area contributed by atoms with Crippen LogP contribution in [0.2, 0.25) is 0 Å². The Kier molecular flexibility index (Phi) is 9.18. The van der Waals surface area contributed by atoms with Crippen LogP contribution >= 0.6 is 0 Å². The van der Waals surface area contributed by atoms with Crippen LogP contribution in [0.1, 0.15) is 62.2 Å². The number of hydrogen-bond acceptors (Lipinski definition) is 4. The van der Waals surface area contributed by atoms with Crippen molar-refractivity contribution >= 4 is 28.4 Å². The molecule has 33 heavy (non-hydrogen) atoms. The first-order valence-corrected chi connectivity index (χ1v) is 11.7. The summed E-state index contributed by atoms with van der Waals surface area (Å²) in [7, 11) is 0. The van der Waals surface area contributed by atoms with E-state index in [2.05, 4.69) is 22.5 Å². The van der Waals surface area contributed by atoms with Gasteiger partial charge in [-0.15, -0.1) is 10.2 Å². The van der Waals surface area contributed by atoms with Gasteiger partial charge in [0.2, 0.25) is 5.88 Å². The van der Waals surface area contributed by atoms with Crippen LogP contribution in [0, 0.1) is 0 Å². The second-order valence-corrected chi connectivity index (χ2v) is 8.07. The summed E-state index contributed by atoms with van der Waals surface area (Å²) in [5.74, 6) is -0.349. The highest BCUT2D eigenvalue weighted by Gasteiger charge is 2.16. The number of para-hydroxylation sites is 1. The summed E-state index contributed by atoms with van der Waals surface area (Å²) in [5, 5.41) is 22.3. The molecule has 0 aliphatic rings. The van der Waals surface area contributed by atoms with Gasteiger partial charge in [-0.25, -0.2) is 0 Å². The summed E-state index contributed by atoms with van der Waals surface area (Å²) in [4.78, 5) is 24.2. The van der Waals surface area contributed by atoms with E-state index in [0.29, 0.717) is 30.8 Å². The summed E-state index contributed by atoms with van der Waals surface area (Å²) >= 11 is 0. The van der Waals surface area contributed by atoms with Crippen LogP contribution in [-0.2, 0) is 11.3 Å². The molecule has 0 saturated carbocycles. The topological polar surface area (TPSA) is 96.0 Å². The summed E-state index contributed by atoms with van der Waals surface area (Å²) in [6, 6.07) is 16.7. The minimum Gasteiger partial charge on any atom is -0.493 e. The van der Waals surface area contributed by atoms with E-state index in [4.69, 9.17) is 0 Å². The quantitative estimate of drug-likeness (QED) is 0.257. The van der Waals surface area contributed by atoms with Gasteiger partial charge in [-0.1, -0.05) is 62.6 Å². The van der Waals surface area contributed by atoms with Gasteiger partial charge in [0.15, 0.2) is 5.69 Å². The van der Waals surface area contributed by atoms with Crippen molar-refractivity contribution in [3.63, 3.8) is 0 Å². The number of nitrogens with zero attached hydrogens (tertiary/aromatic N) is 3. The second-order valence-electron chi connectivity index (χ2n) is 8.07. The molecule has 3 rings (SSSR count). The molecule has 0 atom stereocenters. The molecule has 0 spiro atoms. The Bertz CT molecular complexity index is 1090. The Labute approximate surface area is 194 Å². The van der Waals surface area contributed by atoms with E-state index in [0.717, 1.165) is 43.0 Å². The van der Waals surface area contributed by atoms with E-state index in [1.54, 1.807) is 12.1 Å². The Morgan fingerprint density at radius 2 is 1.70 bits per heavy atom. The summed E-state index contributed by atoms with van der Waals surface area (Å²) in [5.41, 5.74) is 1.88. The predicted molar refractivity (Wildman–Crippen MR) is 130 cm³/mol. The Hall–Kier alpha value is -3.48. The number of carbonyl (C=O) groups is 2. The fourth-order valence-electron chi connectivity index (χ4n) is 3.74. The molecule has 0 bridgehead atoms. The van der Waals surface area contributed by atoms with Crippen LogP contribution in [0.25, 0.3) is 10.9 Å². The lowest BCUT2D eigenvalue weighted by Crippen LogP contribution is -2.24. The molecule has 0 radical (unpaired) electrons. The lowest BCUT2D eigenvalue weighted by molar-refractivity contribution is -0.118. The zero-order valence-electron chi connectivity index (χ0n) is 19.2. The monoisotopic (exact) mass is 448 g/mol. The van der Waals surface area contributed by atoms with Crippen LogP contribution in [0.3, 0.4) is 0 Å². The first kappa shape index (κ1) is 24.2. The number of aromatic hydroxyl groups is 1. The van der Waals surface area contributed by atoms with Crippen LogP contribution < -0.4 is 5.32 Å². The Morgan fingerprint density at radius 1 is 0.939 bits per heavy atom. The van der Waals surface area contributed by atoms with E-state index in [9.17, 15) is 14.7 Å².